The van der Waals surface area contributed by atoms with Crippen LogP contribution in [-0.4, -0.2) is 76.0 Å². The van der Waals surface area contributed by atoms with E-state index in [0.29, 0.717) is 50.3 Å². The lowest BCUT2D eigenvalue weighted by molar-refractivity contribution is -0.134. The average Bonchev–Trinajstić information content (AvgIpc) is 3.56. The predicted octanol–water partition coefficient (Wildman–Crippen LogP) is 2.59. The van der Waals surface area contributed by atoms with Gasteiger partial charge in [0.1, 0.15) is 0 Å². The molecule has 9 nitrogen and oxygen atoms in total. The van der Waals surface area contributed by atoms with Crippen molar-refractivity contribution in [2.24, 2.45) is 0 Å². The standard InChI is InChI=1S/C21H25N5O4S/c1-2-7-24(14-18-22-23-20(30-18)16-5-3-12-29-16)15-19(27)25-8-10-26(11-9-25)21(28)17-6-4-13-31-17/h3-6,12-13H,2,7-11,14-15H2,1H3. The van der Waals surface area contributed by atoms with Crippen molar-refractivity contribution < 1.29 is 18.4 Å². The summed E-state index contributed by atoms with van der Waals surface area (Å²) in [4.78, 5) is 31.7. The molecule has 10 heteroatoms. The van der Waals surface area contributed by atoms with E-state index in [-0.39, 0.29) is 18.4 Å². The van der Waals surface area contributed by atoms with Gasteiger partial charge in [0.05, 0.1) is 24.2 Å². The van der Waals surface area contributed by atoms with Gasteiger partial charge in [-0.15, -0.1) is 21.5 Å². The smallest absolute Gasteiger partial charge is 0.283 e. The SMILES string of the molecule is CCCN(CC(=O)N1CCN(C(=O)c2cccs2)CC1)Cc1nnc(-c2ccco2)o1. The number of carbonyl (C=O) groups is 2. The Morgan fingerprint density at radius 3 is 2.61 bits per heavy atom. The summed E-state index contributed by atoms with van der Waals surface area (Å²) in [5, 5.41) is 10.00. The number of piperazine rings is 1. The Balaban J connectivity index is 1.30. The number of nitrogens with zero attached hydrogens (tertiary/aromatic N) is 5. The highest BCUT2D eigenvalue weighted by Gasteiger charge is 2.26. The lowest BCUT2D eigenvalue weighted by atomic mass is 10.2. The molecule has 1 fully saturated rings. The molecule has 2 amide bonds. The molecule has 1 saturated heterocycles. The molecule has 0 atom stereocenters. The van der Waals surface area contributed by atoms with Gasteiger partial charge in [-0.05, 0) is 36.5 Å². The Hall–Kier alpha value is -2.98. The van der Waals surface area contributed by atoms with Gasteiger partial charge in [0.15, 0.2) is 5.76 Å². The third-order valence-corrected chi connectivity index (χ3v) is 5.97. The third kappa shape index (κ3) is 5.20. The van der Waals surface area contributed by atoms with Crippen molar-refractivity contribution in [2.75, 3.05) is 39.3 Å². The second kappa shape index (κ2) is 9.88. The first-order chi connectivity index (χ1) is 15.1. The van der Waals surface area contributed by atoms with Gasteiger partial charge in [-0.2, -0.15) is 0 Å². The fourth-order valence-electron chi connectivity index (χ4n) is 3.55. The number of furan rings is 1. The zero-order valence-electron chi connectivity index (χ0n) is 17.4. The summed E-state index contributed by atoms with van der Waals surface area (Å²) < 4.78 is 11.0. The van der Waals surface area contributed by atoms with Gasteiger partial charge < -0.3 is 18.6 Å². The van der Waals surface area contributed by atoms with Gasteiger partial charge in [0.25, 0.3) is 11.8 Å². The summed E-state index contributed by atoms with van der Waals surface area (Å²) in [6, 6.07) is 7.23. The van der Waals surface area contributed by atoms with E-state index in [9.17, 15) is 9.59 Å². The molecule has 0 N–H and O–H groups in total. The summed E-state index contributed by atoms with van der Waals surface area (Å²) in [7, 11) is 0. The number of thiophene rings is 1. The van der Waals surface area contributed by atoms with Crippen molar-refractivity contribution in [1.29, 1.82) is 0 Å². The van der Waals surface area contributed by atoms with Gasteiger partial charge in [-0.25, -0.2) is 0 Å². The minimum absolute atomic E-state index is 0.0402. The lowest BCUT2D eigenvalue weighted by Gasteiger charge is -2.35. The second-order valence-electron chi connectivity index (χ2n) is 7.34. The van der Waals surface area contributed by atoms with Crippen LogP contribution in [0.15, 0.2) is 44.7 Å². The van der Waals surface area contributed by atoms with E-state index in [4.69, 9.17) is 8.83 Å². The largest absolute Gasteiger partial charge is 0.459 e. The average molecular weight is 444 g/mol. The van der Waals surface area contributed by atoms with E-state index >= 15 is 0 Å². The number of hydrogen-bond donors (Lipinski definition) is 0. The molecule has 4 rings (SSSR count). The van der Waals surface area contributed by atoms with Crippen LogP contribution in [0.2, 0.25) is 0 Å². The molecule has 1 aliphatic heterocycles. The van der Waals surface area contributed by atoms with E-state index in [1.165, 1.54) is 11.3 Å². The zero-order chi connectivity index (χ0) is 21.6. The Kier molecular flexibility index (Phi) is 6.78. The monoisotopic (exact) mass is 443 g/mol. The lowest BCUT2D eigenvalue weighted by Crippen LogP contribution is -2.52. The van der Waals surface area contributed by atoms with Gasteiger partial charge in [0.2, 0.25) is 11.8 Å². The van der Waals surface area contributed by atoms with Crippen molar-refractivity contribution in [2.45, 2.75) is 19.9 Å². The minimum Gasteiger partial charge on any atom is -0.459 e. The number of hydrogen-bond acceptors (Lipinski definition) is 8. The van der Waals surface area contributed by atoms with Crippen LogP contribution < -0.4 is 0 Å². The topological polar surface area (TPSA) is 95.9 Å². The molecule has 1 aliphatic rings. The quantitative estimate of drug-likeness (QED) is 0.528. The van der Waals surface area contributed by atoms with Gasteiger partial charge in [-0.3, -0.25) is 14.5 Å². The molecule has 164 valence electrons. The molecule has 0 saturated carbocycles. The van der Waals surface area contributed by atoms with Crippen LogP contribution in [0.25, 0.3) is 11.7 Å². The summed E-state index contributed by atoms with van der Waals surface area (Å²) in [6.07, 6.45) is 2.45. The van der Waals surface area contributed by atoms with Crippen LogP contribution >= 0.6 is 11.3 Å². The molecule has 0 bridgehead atoms. The summed E-state index contributed by atoms with van der Waals surface area (Å²) in [6.45, 7) is 5.64. The maximum Gasteiger partial charge on any atom is 0.283 e. The summed E-state index contributed by atoms with van der Waals surface area (Å²) in [5.74, 6) is 1.38. The normalized spacial score (nSPS) is 14.4. The molecular formula is C21H25N5O4S. The zero-order valence-corrected chi connectivity index (χ0v) is 18.2. The van der Waals surface area contributed by atoms with Gasteiger partial charge in [-0.1, -0.05) is 13.0 Å². The van der Waals surface area contributed by atoms with Crippen molar-refractivity contribution in [3.8, 4) is 11.7 Å². The minimum atomic E-state index is 0.0402. The highest BCUT2D eigenvalue weighted by molar-refractivity contribution is 7.12. The first-order valence-corrected chi connectivity index (χ1v) is 11.2. The number of amides is 2. The van der Waals surface area contributed by atoms with Crippen molar-refractivity contribution >= 4 is 23.2 Å². The van der Waals surface area contributed by atoms with Crippen LogP contribution in [0, 0.1) is 0 Å². The number of aromatic nitrogens is 2. The van der Waals surface area contributed by atoms with Crippen molar-refractivity contribution in [1.82, 2.24) is 24.9 Å². The van der Waals surface area contributed by atoms with E-state index in [0.717, 1.165) is 17.8 Å². The molecule has 0 radical (unpaired) electrons. The van der Waals surface area contributed by atoms with Crippen LogP contribution in [0.4, 0.5) is 0 Å². The molecule has 31 heavy (non-hydrogen) atoms. The first-order valence-electron chi connectivity index (χ1n) is 10.3. The molecule has 3 aromatic heterocycles. The van der Waals surface area contributed by atoms with E-state index in [1.807, 2.05) is 32.2 Å². The Morgan fingerprint density at radius 1 is 1.13 bits per heavy atom. The third-order valence-electron chi connectivity index (χ3n) is 5.11. The van der Waals surface area contributed by atoms with Gasteiger partial charge in [0, 0.05) is 26.2 Å². The fraction of sp³-hybridized carbons (Fsp3) is 0.429. The summed E-state index contributed by atoms with van der Waals surface area (Å²) in [5.41, 5.74) is 0. The Labute approximate surface area is 184 Å². The second-order valence-corrected chi connectivity index (χ2v) is 8.29. The maximum absolute atomic E-state index is 12.9. The molecule has 0 spiro atoms. The predicted molar refractivity (Wildman–Crippen MR) is 114 cm³/mol. The Bertz CT molecular complexity index is 978. The van der Waals surface area contributed by atoms with E-state index < -0.39 is 0 Å². The maximum atomic E-state index is 12.9. The first kappa shape index (κ1) is 21.3. The molecule has 3 aromatic rings. The van der Waals surface area contributed by atoms with Crippen LogP contribution in [0.1, 0.15) is 28.9 Å². The molecule has 4 heterocycles. The molecule has 0 unspecified atom stereocenters. The van der Waals surface area contributed by atoms with Gasteiger partial charge >= 0.3 is 0 Å². The molecule has 0 aliphatic carbocycles. The fourth-order valence-corrected chi connectivity index (χ4v) is 4.24. The number of carbonyl (C=O) groups excluding carboxylic acids is 2. The highest BCUT2D eigenvalue weighted by Crippen LogP contribution is 2.19. The Morgan fingerprint density at radius 2 is 1.94 bits per heavy atom. The van der Waals surface area contributed by atoms with E-state index in [1.54, 1.807) is 18.4 Å². The highest BCUT2D eigenvalue weighted by atomic mass is 32.1. The van der Waals surface area contributed by atoms with E-state index in [2.05, 4.69) is 17.1 Å². The molecule has 0 aromatic carbocycles. The van der Waals surface area contributed by atoms with Crippen LogP contribution in [-0.2, 0) is 11.3 Å². The van der Waals surface area contributed by atoms with Crippen LogP contribution in [0.5, 0.6) is 0 Å². The van der Waals surface area contributed by atoms with Crippen molar-refractivity contribution in [3.05, 3.63) is 46.7 Å². The summed E-state index contributed by atoms with van der Waals surface area (Å²) >= 11 is 1.44. The van der Waals surface area contributed by atoms with Crippen molar-refractivity contribution in [3.63, 3.8) is 0 Å². The molecular weight excluding hydrogens is 418 g/mol. The van der Waals surface area contributed by atoms with Crippen LogP contribution in [0.3, 0.4) is 0 Å². The number of rotatable bonds is 8.